The van der Waals surface area contributed by atoms with Gasteiger partial charge in [0.2, 0.25) is 6.79 Å². The lowest BCUT2D eigenvalue weighted by Crippen LogP contribution is -2.52. The second kappa shape index (κ2) is 2.95. The minimum Gasteiger partial charge on any atom is -0.453 e. The highest BCUT2D eigenvalue weighted by atomic mass is 16.8. The molecule has 2 aliphatic heterocycles. The highest BCUT2D eigenvalue weighted by molar-refractivity contribution is 5.56. The second-order valence-electron chi connectivity index (χ2n) is 4.23. The van der Waals surface area contributed by atoms with E-state index < -0.39 is 5.91 Å². The lowest BCUT2D eigenvalue weighted by molar-refractivity contribution is -0.111. The van der Waals surface area contributed by atoms with E-state index in [1.54, 1.807) is 12.1 Å². The maximum atomic E-state index is 5.99. The molecule has 0 aromatic heterocycles. The third-order valence-corrected chi connectivity index (χ3v) is 2.78. The first-order chi connectivity index (χ1) is 7.58. The van der Waals surface area contributed by atoms with Crippen molar-refractivity contribution < 1.29 is 18.9 Å². The molecule has 5 nitrogen and oxygen atoms in total. The molecule has 2 aliphatic rings. The van der Waals surface area contributed by atoms with Gasteiger partial charge in [-0.1, -0.05) is 13.8 Å². The Morgan fingerprint density at radius 2 is 1.56 bits per heavy atom. The van der Waals surface area contributed by atoms with Gasteiger partial charge in [-0.2, -0.15) is 0 Å². The molecule has 0 unspecified atom stereocenters. The maximum Gasteiger partial charge on any atom is 0.313 e. The number of hydrogen-bond acceptors (Lipinski definition) is 5. The van der Waals surface area contributed by atoms with E-state index in [1.807, 2.05) is 13.8 Å². The smallest absolute Gasteiger partial charge is 0.313 e. The molecule has 0 saturated carbocycles. The number of fused-ring (bicyclic) bond motifs is 2. The quantitative estimate of drug-likeness (QED) is 0.780. The highest BCUT2D eigenvalue weighted by Gasteiger charge is 2.42. The number of hydrogen-bond donors (Lipinski definition) is 1. The van der Waals surface area contributed by atoms with Gasteiger partial charge in [0, 0.05) is 18.1 Å². The van der Waals surface area contributed by atoms with Crippen LogP contribution in [0.3, 0.4) is 0 Å². The van der Waals surface area contributed by atoms with Crippen LogP contribution in [-0.4, -0.2) is 12.7 Å². The second-order valence-corrected chi connectivity index (χ2v) is 4.23. The van der Waals surface area contributed by atoms with Crippen molar-refractivity contribution in [2.45, 2.75) is 19.8 Å². The lowest BCUT2D eigenvalue weighted by Gasteiger charge is -2.26. The Labute approximate surface area is 93.0 Å². The zero-order valence-corrected chi connectivity index (χ0v) is 9.15. The molecule has 5 heteroatoms. The summed E-state index contributed by atoms with van der Waals surface area (Å²) in [7, 11) is 0. The van der Waals surface area contributed by atoms with E-state index in [-0.39, 0.29) is 12.7 Å². The highest BCUT2D eigenvalue weighted by Crippen LogP contribution is 2.47. The summed E-state index contributed by atoms with van der Waals surface area (Å²) >= 11 is 0. The Morgan fingerprint density at radius 3 is 2.00 bits per heavy atom. The Kier molecular flexibility index (Phi) is 1.77. The summed E-state index contributed by atoms with van der Waals surface area (Å²) in [6.45, 7) is 4.11. The summed E-state index contributed by atoms with van der Waals surface area (Å²) < 4.78 is 21.7. The van der Waals surface area contributed by atoms with Gasteiger partial charge in [0.25, 0.3) is 0 Å². The Bertz CT molecular complexity index is 411. The van der Waals surface area contributed by atoms with Crippen LogP contribution in [-0.2, 0) is 0 Å². The molecule has 2 heterocycles. The molecule has 0 fully saturated rings. The van der Waals surface area contributed by atoms with Crippen molar-refractivity contribution in [2.75, 3.05) is 6.79 Å². The molecule has 3 rings (SSSR count). The molecular weight excluding hydrogens is 210 g/mol. The Hall–Kier alpha value is -1.62. The van der Waals surface area contributed by atoms with Gasteiger partial charge >= 0.3 is 5.91 Å². The standard InChI is InChI=1S/C11H13NO4/c1-6(2)11(12)15-9-3-7-8(14-5-13-7)4-10(9)16-11/h3-4,6H,5,12H2,1-2H3. The maximum absolute atomic E-state index is 5.99. The molecule has 16 heavy (non-hydrogen) atoms. The van der Waals surface area contributed by atoms with Crippen molar-refractivity contribution in [1.29, 1.82) is 0 Å². The fraction of sp³-hybridized carbons (Fsp3) is 0.455. The zero-order chi connectivity index (χ0) is 11.3. The summed E-state index contributed by atoms with van der Waals surface area (Å²) in [6, 6.07) is 3.49. The summed E-state index contributed by atoms with van der Waals surface area (Å²) in [4.78, 5) is 0. The summed E-state index contributed by atoms with van der Waals surface area (Å²) in [5.74, 6) is 1.46. The number of rotatable bonds is 1. The minimum absolute atomic E-state index is 0.0385. The van der Waals surface area contributed by atoms with E-state index in [0.717, 1.165) is 0 Å². The van der Waals surface area contributed by atoms with E-state index >= 15 is 0 Å². The van der Waals surface area contributed by atoms with E-state index in [4.69, 9.17) is 24.7 Å². The fourth-order valence-electron chi connectivity index (χ4n) is 1.66. The third kappa shape index (κ3) is 1.21. The van der Waals surface area contributed by atoms with Gasteiger partial charge in [0.1, 0.15) is 0 Å². The first-order valence-electron chi connectivity index (χ1n) is 5.19. The predicted octanol–water partition coefficient (Wildman–Crippen LogP) is 1.45. The number of benzene rings is 1. The Balaban J connectivity index is 1.99. The average molecular weight is 223 g/mol. The molecule has 0 spiro atoms. The molecule has 0 amide bonds. The molecule has 1 aromatic carbocycles. The molecule has 2 N–H and O–H groups in total. The van der Waals surface area contributed by atoms with Gasteiger partial charge in [0.05, 0.1) is 0 Å². The molecule has 1 aromatic rings. The van der Waals surface area contributed by atoms with Crippen LogP contribution >= 0.6 is 0 Å². The van der Waals surface area contributed by atoms with Gasteiger partial charge < -0.3 is 18.9 Å². The van der Waals surface area contributed by atoms with Gasteiger partial charge in [-0.05, 0) is 0 Å². The molecule has 0 saturated heterocycles. The normalized spacial score (nSPS) is 19.2. The number of nitrogens with two attached hydrogens (primary N) is 1. The summed E-state index contributed by atoms with van der Waals surface area (Å²) in [5.41, 5.74) is 5.99. The lowest BCUT2D eigenvalue weighted by atomic mass is 10.1. The van der Waals surface area contributed by atoms with E-state index in [9.17, 15) is 0 Å². The number of ether oxygens (including phenoxy) is 4. The van der Waals surface area contributed by atoms with Crippen molar-refractivity contribution in [3.63, 3.8) is 0 Å². The van der Waals surface area contributed by atoms with Crippen LogP contribution in [0.25, 0.3) is 0 Å². The van der Waals surface area contributed by atoms with Gasteiger partial charge in [-0.25, -0.2) is 0 Å². The van der Waals surface area contributed by atoms with E-state index in [2.05, 4.69) is 0 Å². The van der Waals surface area contributed by atoms with Crippen molar-refractivity contribution in [2.24, 2.45) is 11.7 Å². The predicted molar refractivity (Wildman–Crippen MR) is 55.6 cm³/mol. The average Bonchev–Trinajstić information content (AvgIpc) is 2.76. The molecule has 0 atom stereocenters. The van der Waals surface area contributed by atoms with Crippen LogP contribution < -0.4 is 24.7 Å². The van der Waals surface area contributed by atoms with Crippen LogP contribution in [0, 0.1) is 5.92 Å². The fourth-order valence-corrected chi connectivity index (χ4v) is 1.66. The molecule has 0 radical (unpaired) electrons. The SMILES string of the molecule is CC(C)C1(N)Oc2cc3c(cc2O1)OCO3. The monoisotopic (exact) mass is 223 g/mol. The van der Waals surface area contributed by atoms with Crippen LogP contribution in [0.5, 0.6) is 23.0 Å². The van der Waals surface area contributed by atoms with E-state index in [0.29, 0.717) is 23.0 Å². The van der Waals surface area contributed by atoms with Gasteiger partial charge in [-0.15, -0.1) is 0 Å². The van der Waals surface area contributed by atoms with Crippen LogP contribution in [0.15, 0.2) is 12.1 Å². The first-order valence-corrected chi connectivity index (χ1v) is 5.19. The third-order valence-electron chi connectivity index (χ3n) is 2.78. The van der Waals surface area contributed by atoms with Gasteiger partial charge in [0.15, 0.2) is 23.0 Å². The molecule has 0 bridgehead atoms. The molecule has 0 aliphatic carbocycles. The summed E-state index contributed by atoms with van der Waals surface area (Å²) in [5, 5.41) is 0. The summed E-state index contributed by atoms with van der Waals surface area (Å²) in [6.07, 6.45) is 0. The topological polar surface area (TPSA) is 62.9 Å². The van der Waals surface area contributed by atoms with Crippen molar-refractivity contribution in [3.8, 4) is 23.0 Å². The van der Waals surface area contributed by atoms with Crippen LogP contribution in [0.1, 0.15) is 13.8 Å². The first kappa shape index (κ1) is 9.59. The molecular formula is C11H13NO4. The molecule has 86 valence electrons. The van der Waals surface area contributed by atoms with Gasteiger partial charge in [-0.3, -0.25) is 5.73 Å². The van der Waals surface area contributed by atoms with E-state index in [1.165, 1.54) is 0 Å². The van der Waals surface area contributed by atoms with Crippen molar-refractivity contribution in [1.82, 2.24) is 0 Å². The van der Waals surface area contributed by atoms with Crippen LogP contribution in [0.2, 0.25) is 0 Å². The largest absolute Gasteiger partial charge is 0.453 e. The minimum atomic E-state index is -1.10. The van der Waals surface area contributed by atoms with Crippen molar-refractivity contribution in [3.05, 3.63) is 12.1 Å². The Morgan fingerprint density at radius 1 is 1.06 bits per heavy atom. The van der Waals surface area contributed by atoms with Crippen LogP contribution in [0.4, 0.5) is 0 Å². The van der Waals surface area contributed by atoms with Crippen molar-refractivity contribution >= 4 is 0 Å². The zero-order valence-electron chi connectivity index (χ0n) is 9.15.